The number of amides is 1. The summed E-state index contributed by atoms with van der Waals surface area (Å²) in [5.41, 5.74) is 1.79. The molecule has 0 radical (unpaired) electrons. The molecule has 0 saturated heterocycles. The van der Waals surface area contributed by atoms with Crippen LogP contribution >= 0.6 is 12.2 Å². The van der Waals surface area contributed by atoms with Gasteiger partial charge in [-0.3, -0.25) is 4.79 Å². The summed E-state index contributed by atoms with van der Waals surface area (Å²) in [6, 6.07) is 14.9. The largest absolute Gasteiger partial charge is 0.356 e. The number of benzene rings is 2. The minimum absolute atomic E-state index is 0.140. The van der Waals surface area contributed by atoms with Crippen LogP contribution in [0.4, 0.5) is 4.39 Å². The summed E-state index contributed by atoms with van der Waals surface area (Å²) in [6.45, 7) is 3.51. The van der Waals surface area contributed by atoms with Crippen LogP contribution in [0, 0.1) is 17.1 Å². The number of carbonyl (C=O) groups is 1. The molecule has 2 atom stereocenters. The van der Waals surface area contributed by atoms with Crippen molar-refractivity contribution >= 4 is 23.2 Å². The first-order valence-corrected chi connectivity index (χ1v) is 8.19. The van der Waals surface area contributed by atoms with E-state index >= 15 is 0 Å². The van der Waals surface area contributed by atoms with Gasteiger partial charge in [0.1, 0.15) is 5.82 Å². The molecule has 6 heteroatoms. The Hall–Kier alpha value is -2.78. The molecule has 0 heterocycles. The van der Waals surface area contributed by atoms with Gasteiger partial charge in [-0.05, 0) is 49.8 Å². The molecule has 4 nitrogen and oxygen atoms in total. The van der Waals surface area contributed by atoms with Crippen molar-refractivity contribution in [1.82, 2.24) is 10.6 Å². The van der Waals surface area contributed by atoms with Gasteiger partial charge in [0.25, 0.3) is 0 Å². The predicted molar refractivity (Wildman–Crippen MR) is 98.3 cm³/mol. The molecule has 0 spiro atoms. The van der Waals surface area contributed by atoms with Gasteiger partial charge in [0, 0.05) is 5.56 Å². The van der Waals surface area contributed by atoms with Crippen LogP contribution in [0.1, 0.15) is 42.5 Å². The summed E-state index contributed by atoms with van der Waals surface area (Å²) in [6.07, 6.45) is 0. The van der Waals surface area contributed by atoms with Crippen molar-refractivity contribution in [2.24, 2.45) is 0 Å². The molecule has 1 amide bonds. The van der Waals surface area contributed by atoms with Gasteiger partial charge in [-0.25, -0.2) is 4.39 Å². The summed E-state index contributed by atoms with van der Waals surface area (Å²) in [5, 5.41) is 14.5. The Bertz CT molecular complexity index is 814. The molecule has 0 saturated carbocycles. The number of carbonyl (C=O) groups excluding carboxylic acids is 1. The maximum Gasteiger partial charge on any atom is 0.233 e. The SMILES string of the molecule is CC(C(=O)NC(=S)N[C@@H](C)c1ccccc1F)c1ccc(C#N)cc1. The first-order valence-electron chi connectivity index (χ1n) is 7.78. The Balaban J connectivity index is 1.96. The van der Waals surface area contributed by atoms with E-state index < -0.39 is 5.92 Å². The Labute approximate surface area is 151 Å². The molecular formula is C19H18FN3OS. The molecule has 0 bridgehead atoms. The molecule has 2 N–H and O–H groups in total. The van der Waals surface area contributed by atoms with Crippen molar-refractivity contribution < 1.29 is 9.18 Å². The van der Waals surface area contributed by atoms with Crippen LogP contribution in [0.15, 0.2) is 48.5 Å². The highest BCUT2D eigenvalue weighted by molar-refractivity contribution is 7.80. The molecule has 2 rings (SSSR count). The van der Waals surface area contributed by atoms with Crippen molar-refractivity contribution in [2.45, 2.75) is 25.8 Å². The number of rotatable bonds is 4. The maximum atomic E-state index is 13.8. The van der Waals surface area contributed by atoms with E-state index in [-0.39, 0.29) is 22.9 Å². The lowest BCUT2D eigenvalue weighted by molar-refractivity contribution is -0.120. The number of hydrogen-bond acceptors (Lipinski definition) is 3. The van der Waals surface area contributed by atoms with Crippen LogP contribution in [0.3, 0.4) is 0 Å². The van der Waals surface area contributed by atoms with E-state index in [1.54, 1.807) is 56.3 Å². The maximum absolute atomic E-state index is 13.8. The third-order valence-electron chi connectivity index (χ3n) is 3.89. The summed E-state index contributed by atoms with van der Waals surface area (Å²) < 4.78 is 13.8. The predicted octanol–water partition coefficient (Wildman–Crippen LogP) is 3.55. The van der Waals surface area contributed by atoms with Crippen molar-refractivity contribution in [3.8, 4) is 6.07 Å². The van der Waals surface area contributed by atoms with Gasteiger partial charge in [0.2, 0.25) is 5.91 Å². The van der Waals surface area contributed by atoms with E-state index in [1.807, 2.05) is 6.07 Å². The van der Waals surface area contributed by atoms with Crippen LogP contribution in [0.25, 0.3) is 0 Å². The number of nitrogens with one attached hydrogen (secondary N) is 2. The number of nitriles is 1. The third-order valence-corrected chi connectivity index (χ3v) is 4.11. The fourth-order valence-corrected chi connectivity index (χ4v) is 2.63. The molecule has 0 fully saturated rings. The van der Waals surface area contributed by atoms with E-state index in [2.05, 4.69) is 10.6 Å². The molecule has 0 aromatic heterocycles. The van der Waals surface area contributed by atoms with Crippen LogP contribution in [0.5, 0.6) is 0 Å². The topological polar surface area (TPSA) is 64.9 Å². The molecule has 2 aromatic rings. The monoisotopic (exact) mass is 355 g/mol. The zero-order valence-corrected chi connectivity index (χ0v) is 14.7. The lowest BCUT2D eigenvalue weighted by Gasteiger charge is -2.19. The van der Waals surface area contributed by atoms with E-state index in [0.717, 1.165) is 5.56 Å². The Morgan fingerprint density at radius 3 is 2.40 bits per heavy atom. The molecule has 25 heavy (non-hydrogen) atoms. The molecule has 0 aliphatic rings. The van der Waals surface area contributed by atoms with Crippen LogP contribution < -0.4 is 10.6 Å². The average Bonchev–Trinajstić information content (AvgIpc) is 2.61. The van der Waals surface area contributed by atoms with Crippen molar-refractivity contribution in [1.29, 1.82) is 5.26 Å². The number of halogens is 1. The van der Waals surface area contributed by atoms with E-state index in [9.17, 15) is 9.18 Å². The molecular weight excluding hydrogens is 337 g/mol. The summed E-state index contributed by atoms with van der Waals surface area (Å²) >= 11 is 5.15. The first kappa shape index (κ1) is 18.6. The smallest absolute Gasteiger partial charge is 0.233 e. The van der Waals surface area contributed by atoms with Gasteiger partial charge in [0.15, 0.2) is 5.11 Å². The molecule has 0 aliphatic heterocycles. The second-order valence-corrected chi connectivity index (χ2v) is 6.07. The van der Waals surface area contributed by atoms with E-state index in [1.165, 1.54) is 6.07 Å². The lowest BCUT2D eigenvalue weighted by atomic mass is 9.99. The van der Waals surface area contributed by atoms with Crippen molar-refractivity contribution in [3.05, 3.63) is 71.0 Å². The third kappa shape index (κ3) is 4.85. The van der Waals surface area contributed by atoms with Crippen LogP contribution in [0.2, 0.25) is 0 Å². The zero-order valence-electron chi connectivity index (χ0n) is 13.9. The lowest BCUT2D eigenvalue weighted by Crippen LogP contribution is -2.42. The van der Waals surface area contributed by atoms with Crippen LogP contribution in [-0.2, 0) is 4.79 Å². The van der Waals surface area contributed by atoms with Gasteiger partial charge in [-0.1, -0.05) is 30.3 Å². The van der Waals surface area contributed by atoms with Gasteiger partial charge >= 0.3 is 0 Å². The van der Waals surface area contributed by atoms with Crippen molar-refractivity contribution in [3.63, 3.8) is 0 Å². The number of hydrogen-bond donors (Lipinski definition) is 2. The normalized spacial score (nSPS) is 12.6. The Morgan fingerprint density at radius 1 is 1.16 bits per heavy atom. The number of nitrogens with zero attached hydrogens (tertiary/aromatic N) is 1. The highest BCUT2D eigenvalue weighted by Crippen LogP contribution is 2.17. The molecule has 0 aliphatic carbocycles. The fraction of sp³-hybridized carbons (Fsp3) is 0.211. The van der Waals surface area contributed by atoms with Crippen LogP contribution in [-0.4, -0.2) is 11.0 Å². The zero-order chi connectivity index (χ0) is 18.4. The summed E-state index contributed by atoms with van der Waals surface area (Å²) in [7, 11) is 0. The molecule has 1 unspecified atom stereocenters. The van der Waals surface area contributed by atoms with Gasteiger partial charge in [0.05, 0.1) is 23.6 Å². The Kier molecular flexibility index (Phi) is 6.20. The van der Waals surface area contributed by atoms with Gasteiger partial charge < -0.3 is 10.6 Å². The van der Waals surface area contributed by atoms with Gasteiger partial charge in [-0.15, -0.1) is 0 Å². The summed E-state index contributed by atoms with van der Waals surface area (Å²) in [5.74, 6) is -1.04. The average molecular weight is 355 g/mol. The summed E-state index contributed by atoms with van der Waals surface area (Å²) in [4.78, 5) is 12.3. The first-order chi connectivity index (χ1) is 11.9. The molecule has 2 aromatic carbocycles. The second-order valence-electron chi connectivity index (χ2n) is 5.66. The minimum Gasteiger partial charge on any atom is -0.356 e. The Morgan fingerprint density at radius 2 is 1.80 bits per heavy atom. The van der Waals surface area contributed by atoms with E-state index in [0.29, 0.717) is 11.1 Å². The molecule has 128 valence electrons. The highest BCUT2D eigenvalue weighted by Gasteiger charge is 2.18. The van der Waals surface area contributed by atoms with Crippen molar-refractivity contribution in [2.75, 3.05) is 0 Å². The quantitative estimate of drug-likeness (QED) is 0.823. The fourth-order valence-electron chi connectivity index (χ4n) is 2.35. The standard InChI is InChI=1S/C19H18FN3OS/c1-12(15-9-7-14(11-21)8-10-15)18(24)23-19(25)22-13(2)16-5-3-4-6-17(16)20/h3-10,12-13H,1-2H3,(H2,22,23,24,25)/t12?,13-/m0/s1. The van der Waals surface area contributed by atoms with Gasteiger partial charge in [-0.2, -0.15) is 5.26 Å². The van der Waals surface area contributed by atoms with E-state index in [4.69, 9.17) is 17.5 Å². The number of thiocarbonyl (C=S) groups is 1. The highest BCUT2D eigenvalue weighted by atomic mass is 32.1. The second kappa shape index (κ2) is 8.36. The minimum atomic E-state index is -0.434.